The SMILES string of the molecule is COc1cc(O[C@@H]2O[C@H](CO)[C@@H](O)[C@H](O)[C@H]2O)c2c(=O)c3ccc(OC)c(OC)c3oc2c1. The molecule has 0 aliphatic carbocycles. The van der Waals surface area contributed by atoms with Crippen LogP contribution in [0, 0.1) is 0 Å². The first kappa shape index (κ1) is 23.1. The lowest BCUT2D eigenvalue weighted by Crippen LogP contribution is -2.60. The normalized spacial score (nSPS) is 25.2. The number of ether oxygens (including phenoxy) is 5. The molecule has 5 atom stereocenters. The van der Waals surface area contributed by atoms with Gasteiger partial charge in [-0.05, 0) is 12.1 Å². The number of aliphatic hydroxyl groups excluding tert-OH is 4. The molecule has 1 fully saturated rings. The minimum Gasteiger partial charge on any atom is -0.496 e. The fourth-order valence-corrected chi connectivity index (χ4v) is 3.79. The molecule has 0 saturated carbocycles. The van der Waals surface area contributed by atoms with Crippen LogP contribution >= 0.6 is 0 Å². The van der Waals surface area contributed by atoms with E-state index >= 15 is 0 Å². The van der Waals surface area contributed by atoms with Crippen LogP contribution in [0.5, 0.6) is 23.0 Å². The van der Waals surface area contributed by atoms with Crippen LogP contribution in [-0.4, -0.2) is 79.1 Å². The van der Waals surface area contributed by atoms with Gasteiger partial charge in [-0.2, -0.15) is 0 Å². The second-order valence-corrected chi connectivity index (χ2v) is 7.42. The van der Waals surface area contributed by atoms with E-state index in [2.05, 4.69) is 0 Å². The molecule has 11 heteroatoms. The van der Waals surface area contributed by atoms with Gasteiger partial charge in [0.25, 0.3) is 0 Å². The Balaban J connectivity index is 1.90. The third kappa shape index (κ3) is 3.83. The summed E-state index contributed by atoms with van der Waals surface area (Å²) < 4.78 is 33.1. The predicted octanol–water partition coefficient (Wildman–Crippen LogP) is 0.151. The van der Waals surface area contributed by atoms with Crippen molar-refractivity contribution in [3.05, 3.63) is 34.5 Å². The van der Waals surface area contributed by atoms with E-state index < -0.39 is 42.7 Å². The second kappa shape index (κ2) is 9.04. The lowest BCUT2D eigenvalue weighted by molar-refractivity contribution is -0.277. The van der Waals surface area contributed by atoms with Gasteiger partial charge in [0.05, 0.1) is 33.3 Å². The molecule has 178 valence electrons. The van der Waals surface area contributed by atoms with E-state index in [0.717, 1.165) is 0 Å². The van der Waals surface area contributed by atoms with Gasteiger partial charge >= 0.3 is 0 Å². The topological polar surface area (TPSA) is 157 Å². The van der Waals surface area contributed by atoms with Crippen LogP contribution in [0.1, 0.15) is 0 Å². The van der Waals surface area contributed by atoms with Gasteiger partial charge in [-0.15, -0.1) is 0 Å². The van der Waals surface area contributed by atoms with E-state index in [0.29, 0.717) is 5.75 Å². The molecular formula is C22H24O11. The Labute approximate surface area is 187 Å². The maximum Gasteiger partial charge on any atom is 0.229 e. The van der Waals surface area contributed by atoms with Crippen molar-refractivity contribution in [1.29, 1.82) is 0 Å². The summed E-state index contributed by atoms with van der Waals surface area (Å²) in [6, 6.07) is 5.96. The average molecular weight is 464 g/mol. The molecule has 1 aliphatic rings. The Hall–Kier alpha value is -3.09. The predicted molar refractivity (Wildman–Crippen MR) is 114 cm³/mol. The third-order valence-corrected chi connectivity index (χ3v) is 5.55. The van der Waals surface area contributed by atoms with E-state index in [-0.39, 0.29) is 39.2 Å². The van der Waals surface area contributed by atoms with Gasteiger partial charge in [0.2, 0.25) is 17.5 Å². The van der Waals surface area contributed by atoms with Gasteiger partial charge in [0.1, 0.15) is 46.9 Å². The summed E-state index contributed by atoms with van der Waals surface area (Å²) in [6.45, 7) is -0.627. The Kier molecular flexibility index (Phi) is 6.32. The van der Waals surface area contributed by atoms with Gasteiger partial charge in [-0.3, -0.25) is 4.79 Å². The number of hydrogen-bond acceptors (Lipinski definition) is 11. The zero-order valence-corrected chi connectivity index (χ0v) is 18.0. The molecule has 2 heterocycles. The fraction of sp³-hybridized carbons (Fsp3) is 0.409. The minimum atomic E-state index is -1.67. The van der Waals surface area contributed by atoms with Crippen molar-refractivity contribution in [3.8, 4) is 23.0 Å². The van der Waals surface area contributed by atoms with Crippen LogP contribution in [0.15, 0.2) is 33.5 Å². The average Bonchev–Trinajstić information content (AvgIpc) is 2.83. The molecule has 4 rings (SSSR count). The Morgan fingerprint density at radius 1 is 0.939 bits per heavy atom. The van der Waals surface area contributed by atoms with Crippen molar-refractivity contribution < 1.29 is 48.5 Å². The minimum absolute atomic E-state index is 0.0208. The van der Waals surface area contributed by atoms with Crippen LogP contribution in [0.4, 0.5) is 0 Å². The van der Waals surface area contributed by atoms with Gasteiger partial charge in [-0.1, -0.05) is 0 Å². The lowest BCUT2D eigenvalue weighted by Gasteiger charge is -2.39. The molecule has 3 aromatic rings. The Morgan fingerprint density at radius 2 is 1.70 bits per heavy atom. The van der Waals surface area contributed by atoms with Gasteiger partial charge in [0, 0.05) is 12.1 Å². The molecule has 1 aliphatic heterocycles. The Morgan fingerprint density at radius 3 is 2.33 bits per heavy atom. The molecule has 4 N–H and O–H groups in total. The molecule has 1 saturated heterocycles. The second-order valence-electron chi connectivity index (χ2n) is 7.42. The molecule has 0 unspecified atom stereocenters. The van der Waals surface area contributed by atoms with Crippen molar-refractivity contribution in [2.75, 3.05) is 27.9 Å². The zero-order chi connectivity index (χ0) is 23.9. The molecule has 0 radical (unpaired) electrons. The third-order valence-electron chi connectivity index (χ3n) is 5.55. The summed E-state index contributed by atoms with van der Waals surface area (Å²) in [4.78, 5) is 13.4. The summed E-state index contributed by atoms with van der Waals surface area (Å²) in [7, 11) is 4.28. The quantitative estimate of drug-likeness (QED) is 0.368. The highest BCUT2D eigenvalue weighted by Gasteiger charge is 2.45. The standard InChI is InChI=1S/C22H24O11/c1-28-9-6-12-15(16(24)10-4-5-11(29-2)21(30-3)20(10)31-12)13(7-9)32-22-19(27)18(26)17(25)14(8-23)33-22/h4-7,14,17-19,22-23,25-27H,8H2,1-3H3/t14-,17-,18+,19-,22-/m1/s1. The van der Waals surface area contributed by atoms with Crippen molar-refractivity contribution in [3.63, 3.8) is 0 Å². The Bertz CT molecular complexity index is 1220. The highest BCUT2D eigenvalue weighted by Crippen LogP contribution is 2.39. The number of fused-ring (bicyclic) bond motifs is 2. The summed E-state index contributed by atoms with van der Waals surface area (Å²) in [5.41, 5.74) is -0.214. The highest BCUT2D eigenvalue weighted by atomic mass is 16.7. The van der Waals surface area contributed by atoms with Gasteiger partial charge in [0.15, 0.2) is 11.3 Å². The first-order valence-corrected chi connectivity index (χ1v) is 10.0. The maximum atomic E-state index is 13.4. The molecule has 0 bridgehead atoms. The van der Waals surface area contributed by atoms with E-state index in [9.17, 15) is 25.2 Å². The molecular weight excluding hydrogens is 440 g/mol. The smallest absolute Gasteiger partial charge is 0.229 e. The molecule has 1 aromatic heterocycles. The zero-order valence-electron chi connectivity index (χ0n) is 18.0. The van der Waals surface area contributed by atoms with Crippen LogP contribution in [0.25, 0.3) is 21.9 Å². The first-order valence-electron chi connectivity index (χ1n) is 10.0. The lowest BCUT2D eigenvalue weighted by atomic mass is 9.99. The maximum absolute atomic E-state index is 13.4. The largest absolute Gasteiger partial charge is 0.496 e. The van der Waals surface area contributed by atoms with E-state index in [4.69, 9.17) is 28.1 Å². The molecule has 0 spiro atoms. The van der Waals surface area contributed by atoms with Crippen LogP contribution in [0.3, 0.4) is 0 Å². The summed E-state index contributed by atoms with van der Waals surface area (Å²) in [5, 5.41) is 40.0. The van der Waals surface area contributed by atoms with Crippen molar-refractivity contribution >= 4 is 21.9 Å². The fourth-order valence-electron chi connectivity index (χ4n) is 3.79. The molecule has 33 heavy (non-hydrogen) atoms. The van der Waals surface area contributed by atoms with E-state index in [1.165, 1.54) is 39.5 Å². The highest BCUT2D eigenvalue weighted by molar-refractivity contribution is 5.96. The van der Waals surface area contributed by atoms with Crippen molar-refractivity contribution in [2.45, 2.75) is 30.7 Å². The van der Waals surface area contributed by atoms with Gasteiger partial charge < -0.3 is 48.5 Å². The summed E-state index contributed by atoms with van der Waals surface area (Å²) in [5.74, 6) is 0.812. The van der Waals surface area contributed by atoms with Crippen LogP contribution < -0.4 is 24.4 Å². The summed E-state index contributed by atoms with van der Waals surface area (Å²) >= 11 is 0. The number of rotatable bonds is 6. The monoisotopic (exact) mass is 464 g/mol. The number of benzene rings is 2. The van der Waals surface area contributed by atoms with E-state index in [1.54, 1.807) is 6.07 Å². The number of aliphatic hydroxyl groups is 4. The molecule has 11 nitrogen and oxygen atoms in total. The van der Waals surface area contributed by atoms with Crippen LogP contribution in [-0.2, 0) is 4.74 Å². The number of methoxy groups -OCH3 is 3. The summed E-state index contributed by atoms with van der Waals surface area (Å²) in [6.07, 6.45) is -7.55. The van der Waals surface area contributed by atoms with Crippen molar-refractivity contribution in [1.82, 2.24) is 0 Å². The number of hydrogen-bond donors (Lipinski definition) is 4. The molecule has 2 aromatic carbocycles. The molecule has 0 amide bonds. The van der Waals surface area contributed by atoms with Crippen LogP contribution in [0.2, 0.25) is 0 Å². The van der Waals surface area contributed by atoms with Gasteiger partial charge in [-0.25, -0.2) is 0 Å². The van der Waals surface area contributed by atoms with Crippen molar-refractivity contribution in [2.24, 2.45) is 0 Å². The first-order chi connectivity index (χ1) is 15.8. The van der Waals surface area contributed by atoms with E-state index in [1.807, 2.05) is 0 Å².